The zero-order valence-corrected chi connectivity index (χ0v) is 17.4. The first-order chi connectivity index (χ1) is 14.3. The van der Waals surface area contributed by atoms with Gasteiger partial charge in [0, 0.05) is 30.2 Å². The number of hydrogen-bond acceptors (Lipinski definition) is 0. The van der Waals surface area contributed by atoms with E-state index in [1.54, 1.807) is 0 Å². The van der Waals surface area contributed by atoms with Crippen molar-refractivity contribution in [2.24, 2.45) is 0 Å². The van der Waals surface area contributed by atoms with Gasteiger partial charge in [-0.25, -0.2) is 0 Å². The summed E-state index contributed by atoms with van der Waals surface area (Å²) in [5.74, 6) is 0. The van der Waals surface area contributed by atoms with Gasteiger partial charge < -0.3 is 9.13 Å². The Labute approximate surface area is 174 Å². The predicted octanol–water partition coefficient (Wildman–Crippen LogP) is 6.88. The third kappa shape index (κ3) is 4.07. The normalized spacial score (nSPS) is 13.3. The van der Waals surface area contributed by atoms with E-state index in [2.05, 4.69) is 120 Å². The first-order valence-electron chi connectivity index (χ1n) is 10.7. The summed E-state index contributed by atoms with van der Waals surface area (Å²) < 4.78 is 4.91. The smallest absolute Gasteiger partial charge is 0.0580 e. The fourth-order valence-corrected chi connectivity index (χ4v) is 4.49. The van der Waals surface area contributed by atoms with E-state index in [1.807, 2.05) is 0 Å². The minimum atomic E-state index is 0.376. The molecule has 148 valence electrons. The lowest BCUT2D eigenvalue weighted by Crippen LogP contribution is -2.15. The van der Waals surface area contributed by atoms with Gasteiger partial charge in [-0.1, -0.05) is 74.5 Å². The number of aromatic nitrogens is 2. The van der Waals surface area contributed by atoms with Crippen molar-refractivity contribution < 1.29 is 0 Å². The first kappa shape index (κ1) is 19.3. The molecule has 0 fully saturated rings. The summed E-state index contributed by atoms with van der Waals surface area (Å²) in [7, 11) is 0. The maximum atomic E-state index is 2.45. The zero-order chi connectivity index (χ0) is 20.1. The highest BCUT2D eigenvalue weighted by Gasteiger charge is 2.17. The molecule has 0 bridgehead atoms. The molecule has 0 aliphatic heterocycles. The van der Waals surface area contributed by atoms with Gasteiger partial charge in [0.25, 0.3) is 0 Å². The second-order valence-electron chi connectivity index (χ2n) is 7.66. The number of rotatable bonds is 8. The summed E-state index contributed by atoms with van der Waals surface area (Å²) in [5, 5.41) is 0. The number of benzene rings is 2. The van der Waals surface area contributed by atoms with Gasteiger partial charge in [0.15, 0.2) is 0 Å². The van der Waals surface area contributed by atoms with Crippen LogP contribution in [0.3, 0.4) is 0 Å². The van der Waals surface area contributed by atoms with Crippen molar-refractivity contribution >= 4 is 0 Å². The second kappa shape index (κ2) is 9.00. The first-order valence-corrected chi connectivity index (χ1v) is 10.7. The highest BCUT2D eigenvalue weighted by molar-refractivity contribution is 5.27. The lowest BCUT2D eigenvalue weighted by atomic mass is 10.0. The Bertz CT molecular complexity index is 927. The van der Waals surface area contributed by atoms with Crippen LogP contribution in [0, 0.1) is 0 Å². The van der Waals surface area contributed by atoms with E-state index >= 15 is 0 Å². The Hall–Kier alpha value is -3.00. The predicted molar refractivity (Wildman–Crippen MR) is 121 cm³/mol. The van der Waals surface area contributed by atoms with E-state index in [0.717, 1.165) is 19.3 Å². The highest BCUT2D eigenvalue weighted by Crippen LogP contribution is 2.28. The average molecular weight is 383 g/mol. The van der Waals surface area contributed by atoms with Crippen LogP contribution in [0.5, 0.6) is 0 Å². The molecular formula is C27H30N2. The standard InChI is InChI=1S/C27H30N2/c1-3-26(22-13-7-5-8-14-22)28-19-11-17-24(28)21-25-18-12-20-29(25)27(4-2)23-15-9-6-10-16-23/h5-20,26-27H,3-4,21H2,1-2H3. The van der Waals surface area contributed by atoms with Gasteiger partial charge in [-0.05, 0) is 48.2 Å². The van der Waals surface area contributed by atoms with Crippen LogP contribution in [0.1, 0.15) is 61.3 Å². The molecule has 2 unspecified atom stereocenters. The van der Waals surface area contributed by atoms with E-state index < -0.39 is 0 Å². The van der Waals surface area contributed by atoms with Gasteiger partial charge in [-0.2, -0.15) is 0 Å². The number of hydrogen-bond donors (Lipinski definition) is 0. The molecule has 2 heterocycles. The fourth-order valence-electron chi connectivity index (χ4n) is 4.49. The van der Waals surface area contributed by atoms with E-state index in [0.29, 0.717) is 12.1 Å². The van der Waals surface area contributed by atoms with Crippen LogP contribution in [0.2, 0.25) is 0 Å². The quantitative estimate of drug-likeness (QED) is 0.314. The second-order valence-corrected chi connectivity index (χ2v) is 7.66. The van der Waals surface area contributed by atoms with Crippen LogP contribution in [0.25, 0.3) is 0 Å². The molecule has 2 aromatic carbocycles. The Balaban J connectivity index is 1.64. The molecule has 4 aromatic rings. The van der Waals surface area contributed by atoms with E-state index in [-0.39, 0.29) is 0 Å². The highest BCUT2D eigenvalue weighted by atomic mass is 15.0. The molecule has 2 atom stereocenters. The van der Waals surface area contributed by atoms with Crippen molar-refractivity contribution in [1.82, 2.24) is 9.13 Å². The Morgan fingerprint density at radius 2 is 0.966 bits per heavy atom. The van der Waals surface area contributed by atoms with Crippen molar-refractivity contribution in [2.75, 3.05) is 0 Å². The summed E-state index contributed by atoms with van der Waals surface area (Å²) in [6, 6.07) is 31.3. The fraction of sp³-hybridized carbons (Fsp3) is 0.259. The van der Waals surface area contributed by atoms with E-state index in [1.165, 1.54) is 22.5 Å². The molecule has 0 radical (unpaired) electrons. The van der Waals surface area contributed by atoms with Gasteiger partial charge in [-0.15, -0.1) is 0 Å². The molecule has 2 aromatic heterocycles. The molecule has 2 heteroatoms. The van der Waals surface area contributed by atoms with Gasteiger partial charge in [0.2, 0.25) is 0 Å². The van der Waals surface area contributed by atoms with Crippen LogP contribution in [-0.2, 0) is 6.42 Å². The maximum absolute atomic E-state index is 2.45. The third-order valence-corrected chi connectivity index (χ3v) is 5.91. The lowest BCUT2D eigenvalue weighted by Gasteiger charge is -2.23. The maximum Gasteiger partial charge on any atom is 0.0580 e. The molecule has 0 aliphatic carbocycles. The van der Waals surface area contributed by atoms with Crippen molar-refractivity contribution in [3.8, 4) is 0 Å². The van der Waals surface area contributed by atoms with Crippen molar-refractivity contribution in [2.45, 2.75) is 45.2 Å². The molecule has 29 heavy (non-hydrogen) atoms. The minimum Gasteiger partial charge on any atom is -0.344 e. The average Bonchev–Trinajstić information content (AvgIpc) is 3.42. The van der Waals surface area contributed by atoms with E-state index in [9.17, 15) is 0 Å². The lowest BCUT2D eigenvalue weighted by molar-refractivity contribution is 0.532. The molecule has 0 saturated carbocycles. The zero-order valence-electron chi connectivity index (χ0n) is 17.4. The van der Waals surface area contributed by atoms with Crippen LogP contribution in [-0.4, -0.2) is 9.13 Å². The molecule has 0 spiro atoms. The summed E-state index contributed by atoms with van der Waals surface area (Å²) in [5.41, 5.74) is 5.48. The molecule has 0 amide bonds. The monoisotopic (exact) mass is 382 g/mol. The molecule has 0 saturated heterocycles. The largest absolute Gasteiger partial charge is 0.344 e. The van der Waals surface area contributed by atoms with Gasteiger partial charge in [-0.3, -0.25) is 0 Å². The van der Waals surface area contributed by atoms with Crippen LogP contribution >= 0.6 is 0 Å². The topological polar surface area (TPSA) is 9.86 Å². The molecular weight excluding hydrogens is 352 g/mol. The van der Waals surface area contributed by atoms with Crippen LogP contribution < -0.4 is 0 Å². The number of nitrogens with zero attached hydrogens (tertiary/aromatic N) is 2. The molecule has 2 nitrogen and oxygen atoms in total. The summed E-state index contributed by atoms with van der Waals surface area (Å²) in [4.78, 5) is 0. The van der Waals surface area contributed by atoms with Crippen LogP contribution in [0.4, 0.5) is 0 Å². The van der Waals surface area contributed by atoms with Gasteiger partial charge >= 0.3 is 0 Å². The minimum absolute atomic E-state index is 0.376. The van der Waals surface area contributed by atoms with E-state index in [4.69, 9.17) is 0 Å². The third-order valence-electron chi connectivity index (χ3n) is 5.91. The Morgan fingerprint density at radius 3 is 1.34 bits per heavy atom. The van der Waals surface area contributed by atoms with Crippen molar-refractivity contribution in [3.63, 3.8) is 0 Å². The van der Waals surface area contributed by atoms with Crippen molar-refractivity contribution in [1.29, 1.82) is 0 Å². The summed E-state index contributed by atoms with van der Waals surface area (Å²) in [6.07, 6.45) is 7.56. The molecule has 0 N–H and O–H groups in total. The summed E-state index contributed by atoms with van der Waals surface area (Å²) in [6.45, 7) is 4.54. The van der Waals surface area contributed by atoms with Gasteiger partial charge in [0.05, 0.1) is 12.1 Å². The summed E-state index contributed by atoms with van der Waals surface area (Å²) >= 11 is 0. The Morgan fingerprint density at radius 1 is 0.552 bits per heavy atom. The van der Waals surface area contributed by atoms with Gasteiger partial charge in [0.1, 0.15) is 0 Å². The SMILES string of the molecule is CCC(c1ccccc1)n1cccc1Cc1cccn1C(CC)c1ccccc1. The Kier molecular flexibility index (Phi) is 6.00. The van der Waals surface area contributed by atoms with Crippen LogP contribution in [0.15, 0.2) is 97.3 Å². The molecule has 4 rings (SSSR count). The molecule has 0 aliphatic rings. The van der Waals surface area contributed by atoms with Crippen molar-refractivity contribution in [3.05, 3.63) is 120 Å².